The fourth-order valence-electron chi connectivity index (χ4n) is 0.527. The third kappa shape index (κ3) is 1.43. The SMILES string of the molecule is O=C1COC(S(=O)(=O)O)N1. The van der Waals surface area contributed by atoms with Gasteiger partial charge in [-0.05, 0) is 0 Å². The van der Waals surface area contributed by atoms with Crippen molar-refractivity contribution < 1.29 is 22.5 Å². The zero-order chi connectivity index (χ0) is 7.78. The quantitative estimate of drug-likeness (QED) is 0.454. The summed E-state index contributed by atoms with van der Waals surface area (Å²) in [5.74, 6) is -0.553. The molecule has 10 heavy (non-hydrogen) atoms. The zero-order valence-electron chi connectivity index (χ0n) is 4.77. The highest BCUT2D eigenvalue weighted by atomic mass is 32.2. The van der Waals surface area contributed by atoms with E-state index in [2.05, 4.69) is 4.74 Å². The summed E-state index contributed by atoms with van der Waals surface area (Å²) >= 11 is 0. The number of carbonyl (C=O) groups excluding carboxylic acids is 1. The van der Waals surface area contributed by atoms with Gasteiger partial charge in [-0.15, -0.1) is 0 Å². The summed E-state index contributed by atoms with van der Waals surface area (Å²) in [6.45, 7) is -0.329. The second-order valence-corrected chi connectivity index (χ2v) is 3.18. The molecule has 0 spiro atoms. The molecule has 1 heterocycles. The molecule has 0 aromatic heterocycles. The van der Waals surface area contributed by atoms with Gasteiger partial charge in [-0.2, -0.15) is 8.42 Å². The van der Waals surface area contributed by atoms with Crippen LogP contribution in [-0.4, -0.2) is 31.0 Å². The summed E-state index contributed by atoms with van der Waals surface area (Å²) in [7, 11) is -4.29. The summed E-state index contributed by atoms with van der Waals surface area (Å²) in [5, 5.41) is 1.89. The monoisotopic (exact) mass is 167 g/mol. The molecule has 1 amide bonds. The van der Waals surface area contributed by atoms with E-state index in [-0.39, 0.29) is 6.61 Å². The minimum atomic E-state index is -4.29. The van der Waals surface area contributed by atoms with Gasteiger partial charge in [-0.1, -0.05) is 0 Å². The van der Waals surface area contributed by atoms with E-state index in [0.29, 0.717) is 0 Å². The van der Waals surface area contributed by atoms with Crippen molar-refractivity contribution >= 4 is 16.0 Å². The first-order valence-electron chi connectivity index (χ1n) is 2.37. The molecule has 0 saturated carbocycles. The van der Waals surface area contributed by atoms with E-state index in [4.69, 9.17) is 4.55 Å². The molecule has 7 heteroatoms. The van der Waals surface area contributed by atoms with E-state index in [1.165, 1.54) is 0 Å². The van der Waals surface area contributed by atoms with Crippen molar-refractivity contribution in [3.63, 3.8) is 0 Å². The molecule has 2 N–H and O–H groups in total. The fraction of sp³-hybridized carbons (Fsp3) is 0.667. The molecule has 0 radical (unpaired) electrons. The number of ether oxygens (including phenoxy) is 1. The lowest BCUT2D eigenvalue weighted by molar-refractivity contribution is -0.119. The van der Waals surface area contributed by atoms with Crippen LogP contribution in [0.15, 0.2) is 0 Å². The predicted molar refractivity (Wildman–Crippen MR) is 29.4 cm³/mol. The minimum absolute atomic E-state index is 0.329. The molecule has 0 aliphatic carbocycles. The summed E-state index contributed by atoms with van der Waals surface area (Å²) in [4.78, 5) is 10.3. The maximum absolute atomic E-state index is 10.3. The van der Waals surface area contributed by atoms with Gasteiger partial charge >= 0.3 is 10.1 Å². The van der Waals surface area contributed by atoms with Crippen LogP contribution in [0.25, 0.3) is 0 Å². The molecule has 1 saturated heterocycles. The van der Waals surface area contributed by atoms with Crippen LogP contribution in [0.2, 0.25) is 0 Å². The summed E-state index contributed by atoms with van der Waals surface area (Å²) in [6, 6.07) is 0. The lowest BCUT2D eigenvalue weighted by atomic mass is 10.7. The Morgan fingerprint density at radius 1 is 1.70 bits per heavy atom. The van der Waals surface area contributed by atoms with Gasteiger partial charge in [0.2, 0.25) is 5.91 Å². The normalized spacial score (nSPS) is 26.5. The summed E-state index contributed by atoms with van der Waals surface area (Å²) in [5.41, 5.74) is -1.58. The fourth-order valence-corrected chi connectivity index (χ4v) is 1.05. The zero-order valence-corrected chi connectivity index (χ0v) is 5.59. The van der Waals surface area contributed by atoms with Crippen LogP contribution in [0.1, 0.15) is 0 Å². The van der Waals surface area contributed by atoms with Gasteiger partial charge in [0.15, 0.2) is 0 Å². The van der Waals surface area contributed by atoms with Gasteiger partial charge in [-0.3, -0.25) is 9.35 Å². The standard InChI is InChI=1S/C3H5NO5S/c5-2-1-9-3(4-2)10(6,7)8/h3H,1H2,(H,4,5)(H,6,7,8). The molecule has 1 aliphatic heterocycles. The van der Waals surface area contributed by atoms with Crippen LogP contribution in [-0.2, 0) is 19.6 Å². The van der Waals surface area contributed by atoms with Gasteiger partial charge in [0, 0.05) is 0 Å². The largest absolute Gasteiger partial charge is 0.333 e. The Labute approximate surface area is 56.9 Å². The van der Waals surface area contributed by atoms with Crippen molar-refractivity contribution in [1.29, 1.82) is 0 Å². The van der Waals surface area contributed by atoms with E-state index >= 15 is 0 Å². The molecule has 1 atom stereocenters. The van der Waals surface area contributed by atoms with Crippen LogP contribution < -0.4 is 5.32 Å². The van der Waals surface area contributed by atoms with Gasteiger partial charge in [0.25, 0.3) is 5.56 Å². The van der Waals surface area contributed by atoms with Crippen LogP contribution >= 0.6 is 0 Å². The van der Waals surface area contributed by atoms with Crippen LogP contribution in [0, 0.1) is 0 Å². The maximum atomic E-state index is 10.3. The first-order valence-corrected chi connectivity index (χ1v) is 3.88. The average molecular weight is 167 g/mol. The third-order valence-corrected chi connectivity index (χ3v) is 1.71. The Morgan fingerprint density at radius 3 is 2.50 bits per heavy atom. The van der Waals surface area contributed by atoms with E-state index in [0.717, 1.165) is 0 Å². The molecule has 0 bridgehead atoms. The number of nitrogens with one attached hydrogen (secondary N) is 1. The molecular weight excluding hydrogens is 162 g/mol. The number of hydrogen-bond acceptors (Lipinski definition) is 4. The Morgan fingerprint density at radius 2 is 2.30 bits per heavy atom. The van der Waals surface area contributed by atoms with Crippen molar-refractivity contribution in [2.75, 3.05) is 6.61 Å². The van der Waals surface area contributed by atoms with Gasteiger partial charge in [0.1, 0.15) is 6.61 Å². The maximum Gasteiger partial charge on any atom is 0.312 e. The van der Waals surface area contributed by atoms with Gasteiger partial charge in [-0.25, -0.2) is 0 Å². The number of rotatable bonds is 1. The Hall–Kier alpha value is -0.660. The third-order valence-electron chi connectivity index (χ3n) is 0.915. The molecule has 1 rings (SSSR count). The van der Waals surface area contributed by atoms with Gasteiger partial charge < -0.3 is 10.1 Å². The molecule has 1 fully saturated rings. The second-order valence-electron chi connectivity index (χ2n) is 1.73. The molecule has 0 aromatic carbocycles. The van der Waals surface area contributed by atoms with Gasteiger partial charge in [0.05, 0.1) is 0 Å². The highest BCUT2D eigenvalue weighted by Crippen LogP contribution is 2.02. The molecule has 58 valence electrons. The topological polar surface area (TPSA) is 92.7 Å². The first-order chi connectivity index (χ1) is 4.50. The first kappa shape index (κ1) is 7.45. The number of amides is 1. The number of carbonyl (C=O) groups is 1. The van der Waals surface area contributed by atoms with Crippen LogP contribution in [0.4, 0.5) is 0 Å². The molecule has 1 unspecified atom stereocenters. The Bertz CT molecular complexity index is 244. The van der Waals surface area contributed by atoms with E-state index in [1.807, 2.05) is 5.32 Å². The molecule has 0 aromatic rings. The van der Waals surface area contributed by atoms with Crippen molar-refractivity contribution in [2.45, 2.75) is 5.56 Å². The van der Waals surface area contributed by atoms with Crippen molar-refractivity contribution in [2.24, 2.45) is 0 Å². The number of hydrogen-bond donors (Lipinski definition) is 2. The summed E-state index contributed by atoms with van der Waals surface area (Å²) < 4.78 is 33.0. The average Bonchev–Trinajstić information content (AvgIpc) is 2.11. The lowest BCUT2D eigenvalue weighted by Crippen LogP contribution is -2.33. The van der Waals surface area contributed by atoms with Crippen LogP contribution in [0.5, 0.6) is 0 Å². The van der Waals surface area contributed by atoms with Crippen molar-refractivity contribution in [3.8, 4) is 0 Å². The molecular formula is C3H5NO5S. The van der Waals surface area contributed by atoms with Crippen LogP contribution in [0.3, 0.4) is 0 Å². The van der Waals surface area contributed by atoms with Crippen molar-refractivity contribution in [3.05, 3.63) is 0 Å². The summed E-state index contributed by atoms with van der Waals surface area (Å²) in [6.07, 6.45) is 0. The minimum Gasteiger partial charge on any atom is -0.333 e. The second kappa shape index (κ2) is 2.19. The Kier molecular flexibility index (Phi) is 1.63. The lowest BCUT2D eigenvalue weighted by Gasteiger charge is -2.02. The molecule has 6 nitrogen and oxygen atoms in total. The highest BCUT2D eigenvalue weighted by Gasteiger charge is 2.31. The highest BCUT2D eigenvalue weighted by molar-refractivity contribution is 7.86. The van der Waals surface area contributed by atoms with E-state index in [9.17, 15) is 13.2 Å². The smallest absolute Gasteiger partial charge is 0.312 e. The van der Waals surface area contributed by atoms with E-state index in [1.54, 1.807) is 0 Å². The van der Waals surface area contributed by atoms with E-state index < -0.39 is 21.6 Å². The molecule has 1 aliphatic rings. The Balaban J connectivity index is 2.71. The van der Waals surface area contributed by atoms with Crippen molar-refractivity contribution in [1.82, 2.24) is 5.32 Å². The predicted octanol–water partition coefficient (Wildman–Crippen LogP) is -1.70.